The molecule has 3 unspecified atom stereocenters. The number of unbranched alkanes of at least 4 members (excludes halogenated alkanes) is 47. The van der Waals surface area contributed by atoms with Gasteiger partial charge in [0, 0.05) is 25.7 Å². The zero-order valence-electron chi connectivity index (χ0n) is 67.1. The number of carbonyl (C=O) groups is 4. The van der Waals surface area contributed by atoms with Gasteiger partial charge in [-0.05, 0) is 63.2 Å². The molecule has 0 bridgehead atoms. The number of aliphatic hydroxyl groups excluding tert-OH is 1. The first-order chi connectivity index (χ1) is 49.9. The van der Waals surface area contributed by atoms with E-state index in [0.717, 1.165) is 121 Å². The molecule has 608 valence electrons. The Labute approximate surface area is 631 Å². The van der Waals surface area contributed by atoms with E-state index in [-0.39, 0.29) is 25.7 Å². The topological polar surface area (TPSA) is 237 Å². The van der Waals surface area contributed by atoms with E-state index in [2.05, 4.69) is 65.8 Å². The van der Waals surface area contributed by atoms with Gasteiger partial charge in [-0.3, -0.25) is 37.3 Å². The molecule has 0 aromatic rings. The van der Waals surface area contributed by atoms with Crippen molar-refractivity contribution in [2.75, 3.05) is 39.6 Å². The summed E-state index contributed by atoms with van der Waals surface area (Å²) < 4.78 is 68.8. The number of carbonyl (C=O) groups excluding carboxylic acids is 4. The van der Waals surface area contributed by atoms with Gasteiger partial charge in [-0.25, -0.2) is 9.13 Å². The maximum Gasteiger partial charge on any atom is 0.472 e. The standard InChI is InChI=1S/C84H160O17P2/c1-7-10-12-14-16-18-20-22-24-25-26-27-32-35-39-43-47-54-60-66-81(86)94-72-79(100-83(88)68-63-57-49-45-41-37-33-29-28-31-34-38-42-46-52-58-64-76(4)5)74-98-102(90,91)96-70-78(85)71-97-103(92,93)99-75-80(73-95-82(87)67-61-55-51-50-53-59-65-77(6)9-3)101-84(89)69-62-56-48-44-40-36-30-23-21-19-17-15-13-11-8-2/h19,21,23,30,76-80,85H,7-18,20,22,24-29,31-75H2,1-6H3,(H,90,91)(H,92,93)/b21-19-,30-23-/t77?,78-,79-,80-/m1/s1. The van der Waals surface area contributed by atoms with E-state index in [0.29, 0.717) is 25.7 Å². The normalized spacial score (nSPS) is 14.3. The third kappa shape index (κ3) is 76.1. The van der Waals surface area contributed by atoms with E-state index in [9.17, 15) is 43.2 Å². The smallest absolute Gasteiger partial charge is 0.462 e. The Balaban J connectivity index is 5.27. The molecule has 0 aliphatic carbocycles. The van der Waals surface area contributed by atoms with Crippen LogP contribution in [0.3, 0.4) is 0 Å². The van der Waals surface area contributed by atoms with Crippen LogP contribution < -0.4 is 0 Å². The molecule has 0 heterocycles. The third-order valence-electron chi connectivity index (χ3n) is 19.4. The van der Waals surface area contributed by atoms with Crippen LogP contribution in [0.15, 0.2) is 24.3 Å². The van der Waals surface area contributed by atoms with Crippen LogP contribution in [-0.2, 0) is 65.4 Å². The molecule has 0 rings (SSSR count). The molecule has 0 radical (unpaired) electrons. The summed E-state index contributed by atoms with van der Waals surface area (Å²) in [7, 11) is -9.94. The van der Waals surface area contributed by atoms with E-state index in [4.69, 9.17) is 37.0 Å². The molecule has 0 amide bonds. The van der Waals surface area contributed by atoms with Crippen LogP contribution in [0.1, 0.15) is 420 Å². The van der Waals surface area contributed by atoms with Crippen molar-refractivity contribution in [2.24, 2.45) is 11.8 Å². The largest absolute Gasteiger partial charge is 0.472 e. The van der Waals surface area contributed by atoms with E-state index >= 15 is 0 Å². The molecule has 0 saturated heterocycles. The Kier molecular flexibility index (Phi) is 73.2. The first kappa shape index (κ1) is 101. The van der Waals surface area contributed by atoms with Gasteiger partial charge in [-0.2, -0.15) is 0 Å². The van der Waals surface area contributed by atoms with Gasteiger partial charge in [0.05, 0.1) is 26.4 Å². The van der Waals surface area contributed by atoms with Gasteiger partial charge in [0.15, 0.2) is 12.2 Å². The second-order valence-electron chi connectivity index (χ2n) is 30.3. The molecule has 0 spiro atoms. The predicted octanol–water partition coefficient (Wildman–Crippen LogP) is 25.0. The minimum Gasteiger partial charge on any atom is -0.462 e. The Hall–Kier alpha value is -2.46. The van der Waals surface area contributed by atoms with Gasteiger partial charge < -0.3 is 33.8 Å². The Bertz CT molecular complexity index is 2070. The zero-order valence-corrected chi connectivity index (χ0v) is 68.9. The lowest BCUT2D eigenvalue weighted by Gasteiger charge is -2.21. The van der Waals surface area contributed by atoms with Crippen molar-refractivity contribution >= 4 is 39.5 Å². The number of ether oxygens (including phenoxy) is 4. The summed E-state index contributed by atoms with van der Waals surface area (Å²) in [5.74, 6) is -0.602. The molecule has 19 heteroatoms. The monoisotopic (exact) mass is 1500 g/mol. The number of phosphoric acid groups is 2. The number of rotatable bonds is 81. The van der Waals surface area contributed by atoms with Crippen molar-refractivity contribution in [3.63, 3.8) is 0 Å². The lowest BCUT2D eigenvalue weighted by molar-refractivity contribution is -0.161. The quantitative estimate of drug-likeness (QED) is 0.0169. The van der Waals surface area contributed by atoms with Crippen LogP contribution >= 0.6 is 15.6 Å². The fourth-order valence-electron chi connectivity index (χ4n) is 12.5. The van der Waals surface area contributed by atoms with Gasteiger partial charge in [0.1, 0.15) is 19.3 Å². The van der Waals surface area contributed by atoms with E-state index in [1.807, 2.05) is 0 Å². The second-order valence-corrected chi connectivity index (χ2v) is 33.2. The van der Waals surface area contributed by atoms with Crippen LogP contribution in [0.25, 0.3) is 0 Å². The highest BCUT2D eigenvalue weighted by molar-refractivity contribution is 7.47. The number of aliphatic hydroxyl groups is 1. The SMILES string of the molecule is CCCCCC/C=C\C=C/CCCCCCCC(=O)O[C@H](COC(=O)CCCCCCCCC(C)CC)COP(=O)(O)OC[C@H](O)COP(=O)(O)OC[C@@H](COC(=O)CCCCCCCCCCCCCCCCCCCCC)OC(=O)CCCCCCCCCCCCCCCCCCC(C)C. The fourth-order valence-corrected chi connectivity index (χ4v) is 14.1. The summed E-state index contributed by atoms with van der Waals surface area (Å²) in [5.41, 5.74) is 0. The lowest BCUT2D eigenvalue weighted by atomic mass is 10.00. The van der Waals surface area contributed by atoms with Gasteiger partial charge in [-0.1, -0.05) is 368 Å². The summed E-state index contributed by atoms with van der Waals surface area (Å²) in [6.07, 6.45) is 68.9. The Morgan fingerprint density at radius 1 is 0.320 bits per heavy atom. The Morgan fingerprint density at radius 3 is 0.874 bits per heavy atom. The number of allylic oxidation sites excluding steroid dienone is 4. The molecular formula is C84H160O17P2. The average molecular weight is 1500 g/mol. The van der Waals surface area contributed by atoms with Crippen molar-refractivity contribution in [3.8, 4) is 0 Å². The molecule has 0 aliphatic rings. The van der Waals surface area contributed by atoms with E-state index in [1.54, 1.807) is 0 Å². The molecule has 0 aliphatic heterocycles. The van der Waals surface area contributed by atoms with Crippen LogP contribution in [0.5, 0.6) is 0 Å². The van der Waals surface area contributed by atoms with Crippen molar-refractivity contribution in [2.45, 2.75) is 439 Å². The van der Waals surface area contributed by atoms with E-state index in [1.165, 1.54) is 218 Å². The van der Waals surface area contributed by atoms with Crippen molar-refractivity contribution < 1.29 is 80.2 Å². The summed E-state index contributed by atoms with van der Waals surface area (Å²) in [5, 5.41) is 10.7. The van der Waals surface area contributed by atoms with Crippen molar-refractivity contribution in [1.29, 1.82) is 0 Å². The first-order valence-corrected chi connectivity index (χ1v) is 45.8. The summed E-state index contributed by atoms with van der Waals surface area (Å²) in [4.78, 5) is 73.1. The molecule has 3 N–H and O–H groups in total. The summed E-state index contributed by atoms with van der Waals surface area (Å²) >= 11 is 0. The summed E-state index contributed by atoms with van der Waals surface area (Å²) in [6.45, 7) is 9.57. The molecule has 0 aromatic carbocycles. The van der Waals surface area contributed by atoms with Crippen LogP contribution in [0.4, 0.5) is 0 Å². The molecule has 103 heavy (non-hydrogen) atoms. The van der Waals surface area contributed by atoms with Crippen LogP contribution in [-0.4, -0.2) is 96.7 Å². The third-order valence-corrected chi connectivity index (χ3v) is 21.3. The number of hydrogen-bond acceptors (Lipinski definition) is 15. The summed E-state index contributed by atoms with van der Waals surface area (Å²) in [6, 6.07) is 0. The van der Waals surface area contributed by atoms with Gasteiger partial charge in [-0.15, -0.1) is 0 Å². The van der Waals surface area contributed by atoms with Crippen molar-refractivity contribution in [3.05, 3.63) is 24.3 Å². The minimum atomic E-state index is -4.97. The minimum absolute atomic E-state index is 0.0844. The first-order valence-electron chi connectivity index (χ1n) is 42.8. The van der Waals surface area contributed by atoms with Gasteiger partial charge >= 0.3 is 39.5 Å². The molecule has 0 aromatic heterocycles. The van der Waals surface area contributed by atoms with Crippen LogP contribution in [0, 0.1) is 11.8 Å². The fraction of sp³-hybridized carbons (Fsp3) is 0.905. The molecule has 17 nitrogen and oxygen atoms in total. The maximum absolute atomic E-state index is 13.1. The van der Waals surface area contributed by atoms with Crippen LogP contribution in [0.2, 0.25) is 0 Å². The van der Waals surface area contributed by atoms with Gasteiger partial charge in [0.25, 0.3) is 0 Å². The molecular weight excluding hydrogens is 1340 g/mol. The van der Waals surface area contributed by atoms with Gasteiger partial charge in [0.2, 0.25) is 0 Å². The highest BCUT2D eigenvalue weighted by Crippen LogP contribution is 2.45. The average Bonchev–Trinajstić information content (AvgIpc) is 0.962. The Morgan fingerprint density at radius 2 is 0.573 bits per heavy atom. The number of phosphoric ester groups is 2. The number of hydrogen-bond donors (Lipinski definition) is 3. The second kappa shape index (κ2) is 75.0. The zero-order chi connectivity index (χ0) is 75.6. The number of esters is 4. The molecule has 6 atom stereocenters. The predicted molar refractivity (Wildman–Crippen MR) is 423 cm³/mol. The van der Waals surface area contributed by atoms with Crippen molar-refractivity contribution in [1.82, 2.24) is 0 Å². The lowest BCUT2D eigenvalue weighted by Crippen LogP contribution is -2.30. The maximum atomic E-state index is 13.1. The highest BCUT2D eigenvalue weighted by Gasteiger charge is 2.30. The molecule has 0 fully saturated rings. The molecule has 0 saturated carbocycles. The highest BCUT2D eigenvalue weighted by atomic mass is 31.2. The van der Waals surface area contributed by atoms with E-state index < -0.39 is 97.5 Å².